The Morgan fingerprint density at radius 3 is 1.43 bits per heavy atom. The van der Waals surface area contributed by atoms with Crippen LogP contribution in [-0.4, -0.2) is 68.5 Å². The lowest BCUT2D eigenvalue weighted by molar-refractivity contribution is -0.870. The van der Waals surface area contributed by atoms with Crippen LogP contribution in [0.4, 0.5) is 0 Å². The summed E-state index contributed by atoms with van der Waals surface area (Å²) in [5.41, 5.74) is 0. The lowest BCUT2D eigenvalue weighted by Crippen LogP contribution is -2.45. The highest BCUT2D eigenvalue weighted by Crippen LogP contribution is 2.38. The Hall–Kier alpha value is -2.32. The van der Waals surface area contributed by atoms with Gasteiger partial charge in [-0.3, -0.25) is 9.36 Å². The molecule has 376 valence electrons. The largest absolute Gasteiger partial charge is 0.756 e. The monoisotopic (exact) mass is 929 g/mol. The predicted molar refractivity (Wildman–Crippen MR) is 279 cm³/mol. The van der Waals surface area contributed by atoms with E-state index in [0.29, 0.717) is 17.4 Å². The first-order valence-electron chi connectivity index (χ1n) is 26.4. The molecule has 0 spiro atoms. The molecule has 0 aliphatic rings. The highest BCUT2D eigenvalue weighted by molar-refractivity contribution is 7.45. The molecule has 0 saturated heterocycles. The third-order valence-electron chi connectivity index (χ3n) is 11.3. The quantitative estimate of drug-likeness (QED) is 0.0272. The fourth-order valence-electron chi connectivity index (χ4n) is 7.19. The number of likely N-dealkylation sites (N-methyl/N-ethyl adjacent to an activating group) is 1. The summed E-state index contributed by atoms with van der Waals surface area (Å²) < 4.78 is 23.3. The second kappa shape index (κ2) is 46.8. The number of rotatable bonds is 47. The zero-order valence-electron chi connectivity index (χ0n) is 42.7. The zero-order chi connectivity index (χ0) is 47.8. The fourth-order valence-corrected chi connectivity index (χ4v) is 7.92. The van der Waals surface area contributed by atoms with Crippen LogP contribution in [0.1, 0.15) is 213 Å². The van der Waals surface area contributed by atoms with Crippen molar-refractivity contribution in [1.29, 1.82) is 0 Å². The number of allylic oxidation sites excluding steroid dienone is 13. The molecule has 0 radical (unpaired) electrons. The minimum Gasteiger partial charge on any atom is -0.756 e. The first kappa shape index (κ1) is 62.7. The van der Waals surface area contributed by atoms with Crippen molar-refractivity contribution in [3.63, 3.8) is 0 Å². The number of unbranched alkanes of at least 4 members (excludes halogenated alkanes) is 22. The molecule has 65 heavy (non-hydrogen) atoms. The number of quaternary nitrogens is 1. The van der Waals surface area contributed by atoms with Gasteiger partial charge in [0, 0.05) is 6.42 Å². The van der Waals surface area contributed by atoms with E-state index in [1.165, 1.54) is 103 Å². The van der Waals surface area contributed by atoms with Crippen molar-refractivity contribution < 1.29 is 32.9 Å². The van der Waals surface area contributed by atoms with Gasteiger partial charge in [-0.25, -0.2) is 0 Å². The van der Waals surface area contributed by atoms with Crippen molar-refractivity contribution in [1.82, 2.24) is 5.32 Å². The molecule has 0 aliphatic carbocycles. The number of aliphatic hydroxyl groups is 1. The number of amides is 1. The van der Waals surface area contributed by atoms with Gasteiger partial charge in [-0.1, -0.05) is 214 Å². The third-order valence-corrected chi connectivity index (χ3v) is 12.3. The summed E-state index contributed by atoms with van der Waals surface area (Å²) >= 11 is 0. The maximum atomic E-state index is 12.9. The molecule has 0 aliphatic heterocycles. The van der Waals surface area contributed by atoms with E-state index >= 15 is 0 Å². The summed E-state index contributed by atoms with van der Waals surface area (Å²) in [7, 11) is 1.22. The van der Waals surface area contributed by atoms with Crippen LogP contribution in [0.15, 0.2) is 85.1 Å². The summed E-state index contributed by atoms with van der Waals surface area (Å²) in [5, 5.41) is 13.8. The van der Waals surface area contributed by atoms with Gasteiger partial charge >= 0.3 is 0 Å². The number of aliphatic hydroxyl groups excluding tert-OH is 1. The molecule has 0 aromatic heterocycles. The van der Waals surface area contributed by atoms with E-state index in [-0.39, 0.29) is 12.5 Å². The number of phosphoric acid groups is 1. The number of nitrogens with zero attached hydrogens (tertiary/aromatic N) is 1. The first-order chi connectivity index (χ1) is 31.5. The highest BCUT2D eigenvalue weighted by atomic mass is 31.2. The molecule has 3 unspecified atom stereocenters. The van der Waals surface area contributed by atoms with Gasteiger partial charge in [-0.05, 0) is 77.0 Å². The number of nitrogens with one attached hydrogen (secondary N) is 1. The van der Waals surface area contributed by atoms with E-state index in [1.54, 1.807) is 6.08 Å². The Kier molecular flexibility index (Phi) is 45.1. The van der Waals surface area contributed by atoms with Gasteiger partial charge in [0.2, 0.25) is 5.91 Å². The second-order valence-electron chi connectivity index (χ2n) is 18.8. The predicted octanol–water partition coefficient (Wildman–Crippen LogP) is 15.1. The number of phosphoric ester groups is 1. The second-order valence-corrected chi connectivity index (χ2v) is 20.2. The minimum atomic E-state index is -4.61. The fraction of sp³-hybridized carbons (Fsp3) is 0.732. The molecule has 0 aromatic carbocycles. The first-order valence-corrected chi connectivity index (χ1v) is 27.9. The van der Waals surface area contributed by atoms with E-state index < -0.39 is 26.6 Å². The molecule has 1 amide bonds. The topological polar surface area (TPSA) is 108 Å². The Balaban J connectivity index is 4.40. The summed E-state index contributed by atoms with van der Waals surface area (Å²) in [6.45, 7) is 4.50. The molecule has 8 nitrogen and oxygen atoms in total. The van der Waals surface area contributed by atoms with Crippen molar-refractivity contribution in [2.45, 2.75) is 225 Å². The normalized spacial score (nSPS) is 14.8. The van der Waals surface area contributed by atoms with Crippen LogP contribution in [0.2, 0.25) is 0 Å². The summed E-state index contributed by atoms with van der Waals surface area (Å²) in [4.78, 5) is 25.4. The standard InChI is InChI=1S/C56H101N2O6P/c1-6-8-10-12-14-16-18-20-22-24-26-28-30-31-33-35-37-39-41-43-45-47-49-55(59)54(53-64-65(61,62)63-52-51-58(3,4)5)57-56(60)50-48-46-44-42-40-38-36-34-32-29-27-25-23-21-19-17-15-13-11-9-7-2/h9,11,15,17,21,23,27,29,34,36,39,41,47,49,54-55,59H,6-8,10,12-14,16,18-20,22,24-26,28,30-33,35,37-38,40,42-46,48,50-53H2,1-5H3,(H-,57,60,61,62)/b11-9-,17-15-,23-21-,29-27-,36-34-,41-39+,49-47+. The molecule has 0 aromatic rings. The van der Waals surface area contributed by atoms with Gasteiger partial charge in [-0.15, -0.1) is 0 Å². The summed E-state index contributed by atoms with van der Waals surface area (Å²) in [6.07, 6.45) is 65.0. The maximum Gasteiger partial charge on any atom is 0.268 e. The Morgan fingerprint density at radius 2 is 0.954 bits per heavy atom. The number of carbonyl (C=O) groups is 1. The van der Waals surface area contributed by atoms with E-state index in [2.05, 4.69) is 92.1 Å². The molecule has 0 rings (SSSR count). The highest BCUT2D eigenvalue weighted by Gasteiger charge is 2.23. The third kappa shape index (κ3) is 49.4. The molecule has 0 bridgehead atoms. The smallest absolute Gasteiger partial charge is 0.268 e. The number of hydrogen-bond acceptors (Lipinski definition) is 6. The van der Waals surface area contributed by atoms with Crippen LogP contribution in [0.25, 0.3) is 0 Å². The molecule has 0 saturated carbocycles. The van der Waals surface area contributed by atoms with Crippen LogP contribution in [0.5, 0.6) is 0 Å². The summed E-state index contributed by atoms with van der Waals surface area (Å²) in [6, 6.07) is -0.920. The van der Waals surface area contributed by atoms with Gasteiger partial charge in [0.25, 0.3) is 7.82 Å². The lowest BCUT2D eigenvalue weighted by atomic mass is 10.0. The van der Waals surface area contributed by atoms with Crippen molar-refractivity contribution in [3.8, 4) is 0 Å². The van der Waals surface area contributed by atoms with Crippen LogP contribution in [0, 0.1) is 0 Å². The van der Waals surface area contributed by atoms with E-state index in [0.717, 1.165) is 89.9 Å². The van der Waals surface area contributed by atoms with Crippen LogP contribution >= 0.6 is 7.82 Å². The van der Waals surface area contributed by atoms with Crippen molar-refractivity contribution in [3.05, 3.63) is 85.1 Å². The molecule has 9 heteroatoms. The van der Waals surface area contributed by atoms with Crippen LogP contribution < -0.4 is 10.2 Å². The Morgan fingerprint density at radius 1 is 0.554 bits per heavy atom. The minimum absolute atomic E-state index is 0.0148. The molecule has 0 heterocycles. The number of hydrogen-bond donors (Lipinski definition) is 2. The van der Waals surface area contributed by atoms with Crippen LogP contribution in [-0.2, 0) is 18.4 Å². The number of carbonyl (C=O) groups excluding carboxylic acids is 1. The zero-order valence-corrected chi connectivity index (χ0v) is 43.6. The van der Waals surface area contributed by atoms with Crippen LogP contribution in [0.3, 0.4) is 0 Å². The van der Waals surface area contributed by atoms with Gasteiger partial charge in [-0.2, -0.15) is 0 Å². The van der Waals surface area contributed by atoms with E-state index in [4.69, 9.17) is 9.05 Å². The average Bonchev–Trinajstić information content (AvgIpc) is 3.26. The molecule has 3 atom stereocenters. The SMILES string of the molecule is CC/C=C\C/C=C\C/C=C\C/C=C\C/C=C\CCCCCCCC(=O)NC(COP(=O)([O-])OCC[N+](C)(C)C)C(O)/C=C/CC/C=C/CCCCCCCCCCCCCCCCCC. The molecular formula is C56H101N2O6P. The van der Waals surface area contributed by atoms with E-state index in [1.807, 2.05) is 27.2 Å². The molecular weight excluding hydrogens is 828 g/mol. The Labute approximate surface area is 401 Å². The Bertz CT molecular complexity index is 1330. The van der Waals surface area contributed by atoms with Gasteiger partial charge < -0.3 is 28.8 Å². The molecule has 0 fully saturated rings. The average molecular weight is 929 g/mol. The van der Waals surface area contributed by atoms with Gasteiger partial charge in [0.15, 0.2) is 0 Å². The molecule has 2 N–H and O–H groups in total. The maximum absolute atomic E-state index is 12.9. The van der Waals surface area contributed by atoms with Gasteiger partial charge in [0.1, 0.15) is 13.2 Å². The van der Waals surface area contributed by atoms with Gasteiger partial charge in [0.05, 0.1) is 39.9 Å². The summed E-state index contributed by atoms with van der Waals surface area (Å²) in [5.74, 6) is -0.228. The lowest BCUT2D eigenvalue weighted by Gasteiger charge is -2.29. The van der Waals surface area contributed by atoms with E-state index in [9.17, 15) is 19.4 Å². The van der Waals surface area contributed by atoms with Crippen molar-refractivity contribution >= 4 is 13.7 Å². The van der Waals surface area contributed by atoms with Crippen molar-refractivity contribution in [2.75, 3.05) is 40.9 Å². The van der Waals surface area contributed by atoms with Crippen molar-refractivity contribution in [2.24, 2.45) is 0 Å².